The summed E-state index contributed by atoms with van der Waals surface area (Å²) in [7, 11) is 1.82. The molecule has 3 heterocycles. The van der Waals surface area contributed by atoms with Crippen molar-refractivity contribution >= 4 is 18.3 Å². The van der Waals surface area contributed by atoms with Gasteiger partial charge in [0.05, 0.1) is 11.8 Å². The number of hydrogen-bond acceptors (Lipinski definition) is 3. The van der Waals surface area contributed by atoms with E-state index in [1.165, 1.54) is 12.8 Å². The second kappa shape index (κ2) is 5.28. The first-order valence-electron chi connectivity index (χ1n) is 6.26. The summed E-state index contributed by atoms with van der Waals surface area (Å²) in [6.45, 7) is 0. The predicted molar refractivity (Wildman–Crippen MR) is 70.9 cm³/mol. The molecule has 0 spiro atoms. The van der Waals surface area contributed by atoms with Crippen LogP contribution in [0.5, 0.6) is 0 Å². The lowest BCUT2D eigenvalue weighted by Gasteiger charge is -2.29. The molecule has 2 bridgehead atoms. The number of carbonyl (C=O) groups is 1. The van der Waals surface area contributed by atoms with Crippen molar-refractivity contribution in [1.82, 2.24) is 20.4 Å². The van der Waals surface area contributed by atoms with Crippen LogP contribution in [0.25, 0.3) is 0 Å². The molecular formula is C12H19ClN4O. The fourth-order valence-corrected chi connectivity index (χ4v) is 2.98. The SMILES string of the molecule is Cl.Cn1cc(C(=O)NC2CC3CCC(C2)N3)cn1. The summed E-state index contributed by atoms with van der Waals surface area (Å²) in [5, 5.41) is 10.7. The number of nitrogens with one attached hydrogen (secondary N) is 2. The second-order valence-electron chi connectivity index (χ2n) is 5.18. The topological polar surface area (TPSA) is 59.0 Å². The standard InChI is InChI=1S/C12H18N4O.ClH/c1-16-7-8(6-13-16)12(17)15-11-4-9-2-3-10(5-11)14-9;/h6-7,9-11,14H,2-5H2,1H3,(H,15,17);1H. The predicted octanol–water partition coefficient (Wildman–Crippen LogP) is 0.855. The number of hydrogen-bond donors (Lipinski definition) is 2. The van der Waals surface area contributed by atoms with Crippen molar-refractivity contribution in [3.63, 3.8) is 0 Å². The van der Waals surface area contributed by atoms with Gasteiger partial charge in [-0.1, -0.05) is 0 Å². The van der Waals surface area contributed by atoms with Crippen molar-refractivity contribution in [3.8, 4) is 0 Å². The molecule has 2 fully saturated rings. The molecule has 2 saturated heterocycles. The Morgan fingerprint density at radius 3 is 2.67 bits per heavy atom. The quantitative estimate of drug-likeness (QED) is 0.838. The molecular weight excluding hydrogens is 252 g/mol. The molecule has 18 heavy (non-hydrogen) atoms. The fraction of sp³-hybridized carbons (Fsp3) is 0.667. The van der Waals surface area contributed by atoms with E-state index in [0.29, 0.717) is 23.7 Å². The normalized spacial score (nSPS) is 29.7. The number of nitrogens with zero attached hydrogens (tertiary/aromatic N) is 2. The molecule has 100 valence electrons. The van der Waals surface area contributed by atoms with Gasteiger partial charge in [0, 0.05) is 31.4 Å². The Hall–Kier alpha value is -1.07. The van der Waals surface area contributed by atoms with E-state index >= 15 is 0 Å². The summed E-state index contributed by atoms with van der Waals surface area (Å²) in [6.07, 6.45) is 7.99. The number of carbonyl (C=O) groups excluding carboxylic acids is 1. The van der Waals surface area contributed by atoms with Gasteiger partial charge in [0.1, 0.15) is 0 Å². The maximum Gasteiger partial charge on any atom is 0.254 e. The maximum atomic E-state index is 12.0. The number of fused-ring (bicyclic) bond motifs is 2. The zero-order valence-electron chi connectivity index (χ0n) is 10.4. The van der Waals surface area contributed by atoms with E-state index in [9.17, 15) is 4.79 Å². The Bertz CT molecular complexity index is 421. The molecule has 0 radical (unpaired) electrons. The lowest BCUT2D eigenvalue weighted by atomic mass is 9.99. The summed E-state index contributed by atoms with van der Waals surface area (Å²) in [6, 6.07) is 1.53. The summed E-state index contributed by atoms with van der Waals surface area (Å²) in [4.78, 5) is 12.0. The van der Waals surface area contributed by atoms with Gasteiger partial charge in [0.15, 0.2) is 0 Å². The van der Waals surface area contributed by atoms with Crippen molar-refractivity contribution in [3.05, 3.63) is 18.0 Å². The molecule has 1 aromatic rings. The first-order chi connectivity index (χ1) is 8.20. The van der Waals surface area contributed by atoms with E-state index in [4.69, 9.17) is 0 Å². The number of amides is 1. The number of aromatic nitrogens is 2. The number of halogens is 1. The van der Waals surface area contributed by atoms with E-state index in [0.717, 1.165) is 12.8 Å². The third-order valence-electron chi connectivity index (χ3n) is 3.78. The number of aryl methyl sites for hydroxylation is 1. The van der Waals surface area contributed by atoms with Gasteiger partial charge < -0.3 is 10.6 Å². The van der Waals surface area contributed by atoms with E-state index in [1.807, 2.05) is 7.05 Å². The zero-order chi connectivity index (χ0) is 11.8. The van der Waals surface area contributed by atoms with Crippen LogP contribution in [0.4, 0.5) is 0 Å². The molecule has 2 atom stereocenters. The van der Waals surface area contributed by atoms with Crippen molar-refractivity contribution in [1.29, 1.82) is 0 Å². The summed E-state index contributed by atoms with van der Waals surface area (Å²) < 4.78 is 1.65. The van der Waals surface area contributed by atoms with Crippen LogP contribution < -0.4 is 10.6 Å². The fourth-order valence-electron chi connectivity index (χ4n) is 2.98. The number of rotatable bonds is 2. The van der Waals surface area contributed by atoms with Gasteiger partial charge in [-0.3, -0.25) is 9.48 Å². The molecule has 0 saturated carbocycles. The molecule has 0 aliphatic carbocycles. The highest BCUT2D eigenvalue weighted by Crippen LogP contribution is 2.26. The minimum absolute atomic E-state index is 0. The molecule has 6 heteroatoms. The van der Waals surface area contributed by atoms with Crippen LogP contribution in [0.3, 0.4) is 0 Å². The molecule has 2 aliphatic heterocycles. The molecule has 2 unspecified atom stereocenters. The highest BCUT2D eigenvalue weighted by Gasteiger charge is 2.34. The van der Waals surface area contributed by atoms with Crippen LogP contribution in [-0.4, -0.2) is 33.8 Å². The minimum Gasteiger partial charge on any atom is -0.349 e. The molecule has 0 aromatic carbocycles. The molecule has 1 amide bonds. The molecule has 1 aromatic heterocycles. The lowest BCUT2D eigenvalue weighted by Crippen LogP contribution is -2.47. The Balaban J connectivity index is 0.00000120. The van der Waals surface area contributed by atoms with Crippen molar-refractivity contribution in [2.45, 2.75) is 43.8 Å². The third-order valence-corrected chi connectivity index (χ3v) is 3.78. The van der Waals surface area contributed by atoms with Gasteiger partial charge in [-0.05, 0) is 25.7 Å². The van der Waals surface area contributed by atoms with Crippen molar-refractivity contribution in [2.75, 3.05) is 0 Å². The Kier molecular flexibility index (Phi) is 3.92. The highest BCUT2D eigenvalue weighted by molar-refractivity contribution is 5.93. The highest BCUT2D eigenvalue weighted by atomic mass is 35.5. The van der Waals surface area contributed by atoms with Gasteiger partial charge in [-0.15, -0.1) is 12.4 Å². The van der Waals surface area contributed by atoms with Gasteiger partial charge >= 0.3 is 0 Å². The second-order valence-corrected chi connectivity index (χ2v) is 5.18. The molecule has 2 aliphatic rings. The largest absolute Gasteiger partial charge is 0.349 e. The van der Waals surface area contributed by atoms with Crippen LogP contribution in [-0.2, 0) is 7.05 Å². The summed E-state index contributed by atoms with van der Waals surface area (Å²) >= 11 is 0. The Morgan fingerprint density at radius 2 is 2.11 bits per heavy atom. The molecule has 2 N–H and O–H groups in total. The zero-order valence-corrected chi connectivity index (χ0v) is 11.2. The maximum absolute atomic E-state index is 12.0. The molecule has 3 rings (SSSR count). The van der Waals surface area contributed by atoms with Crippen LogP contribution in [0.1, 0.15) is 36.0 Å². The number of piperidine rings is 1. The Morgan fingerprint density at radius 1 is 1.44 bits per heavy atom. The average molecular weight is 271 g/mol. The van der Waals surface area contributed by atoms with E-state index in [1.54, 1.807) is 17.1 Å². The van der Waals surface area contributed by atoms with Gasteiger partial charge in [-0.25, -0.2) is 0 Å². The summed E-state index contributed by atoms with van der Waals surface area (Å²) in [5.74, 6) is 0.00407. The van der Waals surface area contributed by atoms with Gasteiger partial charge in [-0.2, -0.15) is 5.10 Å². The lowest BCUT2D eigenvalue weighted by molar-refractivity contribution is 0.0924. The van der Waals surface area contributed by atoms with Crippen LogP contribution in [0.2, 0.25) is 0 Å². The monoisotopic (exact) mass is 270 g/mol. The summed E-state index contributed by atoms with van der Waals surface area (Å²) in [5.41, 5.74) is 0.651. The third kappa shape index (κ3) is 2.67. The smallest absolute Gasteiger partial charge is 0.254 e. The van der Waals surface area contributed by atoms with Crippen molar-refractivity contribution in [2.24, 2.45) is 7.05 Å². The van der Waals surface area contributed by atoms with Crippen LogP contribution >= 0.6 is 12.4 Å². The van der Waals surface area contributed by atoms with Gasteiger partial charge in [0.2, 0.25) is 0 Å². The average Bonchev–Trinajstić information content (AvgIpc) is 2.85. The minimum atomic E-state index is 0. The van der Waals surface area contributed by atoms with Crippen LogP contribution in [0, 0.1) is 0 Å². The van der Waals surface area contributed by atoms with E-state index in [-0.39, 0.29) is 18.3 Å². The van der Waals surface area contributed by atoms with Crippen molar-refractivity contribution < 1.29 is 4.79 Å². The van der Waals surface area contributed by atoms with Crippen LogP contribution in [0.15, 0.2) is 12.4 Å². The Labute approximate surface area is 113 Å². The van der Waals surface area contributed by atoms with Gasteiger partial charge in [0.25, 0.3) is 5.91 Å². The molecule has 5 nitrogen and oxygen atoms in total. The van der Waals surface area contributed by atoms with E-state index < -0.39 is 0 Å². The first kappa shape index (κ1) is 13.4. The van der Waals surface area contributed by atoms with E-state index in [2.05, 4.69) is 15.7 Å². The first-order valence-corrected chi connectivity index (χ1v) is 6.26.